The molecule has 8 nitrogen and oxygen atoms in total. The van der Waals surface area contributed by atoms with E-state index in [4.69, 9.17) is 19.5 Å². The molecule has 0 saturated heterocycles. The second-order valence-corrected chi connectivity index (χ2v) is 22.3. The van der Waals surface area contributed by atoms with E-state index in [1.165, 1.54) is 22.7 Å². The normalized spacial score (nSPS) is 12.2. The van der Waals surface area contributed by atoms with Crippen molar-refractivity contribution in [2.75, 3.05) is 26.2 Å². The van der Waals surface area contributed by atoms with Gasteiger partial charge in [0.15, 0.2) is 0 Å². The lowest BCUT2D eigenvalue weighted by molar-refractivity contribution is 0.249. The van der Waals surface area contributed by atoms with E-state index in [-0.39, 0.29) is 0 Å². The molecule has 0 unspecified atom stereocenters. The molecule has 0 aliphatic heterocycles. The van der Waals surface area contributed by atoms with Crippen molar-refractivity contribution >= 4 is 101 Å². The lowest BCUT2D eigenvalue weighted by atomic mass is 9.50. The Bertz CT molecular complexity index is 4180. The van der Waals surface area contributed by atoms with E-state index < -0.39 is 13.7 Å². The Kier molecular flexibility index (Phi) is 15.4. The van der Waals surface area contributed by atoms with Crippen molar-refractivity contribution in [3.05, 3.63) is 267 Å². The molecule has 4 heterocycles. The van der Waals surface area contributed by atoms with Gasteiger partial charge in [0.05, 0.1) is 39.0 Å². The first-order chi connectivity index (χ1) is 40.0. The van der Waals surface area contributed by atoms with Crippen molar-refractivity contribution in [1.29, 1.82) is 5.26 Å². The van der Waals surface area contributed by atoms with Crippen molar-refractivity contribution < 1.29 is 4.74 Å². The first-order valence-corrected chi connectivity index (χ1v) is 29.3. The molecule has 81 heavy (non-hydrogen) atoms. The van der Waals surface area contributed by atoms with Crippen molar-refractivity contribution in [1.82, 2.24) is 23.8 Å². The summed E-state index contributed by atoms with van der Waals surface area (Å²) in [7, 11) is 0. The minimum atomic E-state index is -0.468. The highest BCUT2D eigenvalue weighted by molar-refractivity contribution is 7.20. The number of aromatic nitrogens is 4. The van der Waals surface area contributed by atoms with E-state index in [2.05, 4.69) is 217 Å². The molecule has 0 aliphatic rings. The molecule has 12 heteroatoms. The minimum Gasteiger partial charge on any atom is -0.494 e. The lowest BCUT2D eigenvalue weighted by Gasteiger charge is -2.25. The summed E-state index contributed by atoms with van der Waals surface area (Å²) >= 11 is 3.06. The lowest BCUT2D eigenvalue weighted by Crippen LogP contribution is -2.54. The van der Waals surface area contributed by atoms with Gasteiger partial charge in [-0.05, 0) is 74.0 Å². The Morgan fingerprint density at radius 1 is 0.605 bits per heavy atom. The Balaban J connectivity index is 1.34. The average Bonchev–Trinajstić information content (AvgIpc) is 3.91. The van der Waals surface area contributed by atoms with Gasteiger partial charge in [-0.2, -0.15) is 5.26 Å². The van der Waals surface area contributed by atoms with Crippen LogP contribution in [-0.2, 0) is 6.42 Å². The van der Waals surface area contributed by atoms with Crippen molar-refractivity contribution in [3.63, 3.8) is 0 Å². The highest BCUT2D eigenvalue weighted by Gasteiger charge is 2.37. The summed E-state index contributed by atoms with van der Waals surface area (Å²) in [6.07, 6.45) is 1.30. The van der Waals surface area contributed by atoms with Crippen LogP contribution in [0.25, 0.3) is 58.6 Å². The number of thiazole rings is 2. The van der Waals surface area contributed by atoms with Gasteiger partial charge in [0, 0.05) is 46.0 Å². The monoisotopic (exact) mass is 1090 g/mol. The number of benzene rings is 8. The molecule has 4 aromatic heterocycles. The van der Waals surface area contributed by atoms with E-state index in [1.807, 2.05) is 42.5 Å². The SMILES string of the molecule is [C-]#[N+]/C(c1nc2ccccc2s1)=c1\c2c(Cc3cccc(OCCCN(CC)CC)c3)n(B(c3ccccc3)c3ccccc3)/c(=C(/C#N)c3nc4ccccc4s3)c2c(-c2ccccc2C)n1B(c1ccccc1)c1ccccc1. The number of aryl methyl sites for hydroxylation is 1. The van der Waals surface area contributed by atoms with Gasteiger partial charge in [0.25, 0.3) is 0 Å². The molecule has 0 aliphatic carbocycles. The molecule has 0 fully saturated rings. The van der Waals surface area contributed by atoms with Crippen LogP contribution in [0.5, 0.6) is 5.75 Å². The predicted octanol–water partition coefficient (Wildman–Crippen LogP) is 11.4. The molecular weight excluding hydrogens is 1030 g/mol. The number of fused-ring (bicyclic) bond motifs is 3. The fraction of sp³-hybridized carbons (Fsp3) is 0.130. The summed E-state index contributed by atoms with van der Waals surface area (Å²) in [4.78, 5) is 17.8. The summed E-state index contributed by atoms with van der Waals surface area (Å²) in [6.45, 7) is 18.8. The maximum absolute atomic E-state index is 12.3. The molecule has 0 bridgehead atoms. The largest absolute Gasteiger partial charge is 0.494 e. The highest BCUT2D eigenvalue weighted by Crippen LogP contribution is 2.37. The third kappa shape index (κ3) is 10.3. The van der Waals surface area contributed by atoms with Crippen LogP contribution < -0.4 is 37.3 Å². The number of nitriles is 1. The fourth-order valence-corrected chi connectivity index (χ4v) is 13.5. The number of hydrogen-bond donors (Lipinski definition) is 0. The maximum atomic E-state index is 12.3. The summed E-state index contributed by atoms with van der Waals surface area (Å²) in [5.74, 6) is 0.789. The molecule has 12 aromatic rings. The molecule has 0 radical (unpaired) electrons. The van der Waals surface area contributed by atoms with Gasteiger partial charge in [-0.3, -0.25) is 0 Å². The third-order valence-corrected chi connectivity index (χ3v) is 17.5. The molecule has 0 saturated carbocycles. The topological polar surface area (TPSA) is 76.3 Å². The Labute approximate surface area is 481 Å². The number of hydrogen-bond acceptors (Lipinski definition) is 7. The van der Waals surface area contributed by atoms with Gasteiger partial charge in [-0.25, -0.2) is 14.8 Å². The minimum absolute atomic E-state index is 0.401. The van der Waals surface area contributed by atoms with Crippen LogP contribution in [0.15, 0.2) is 218 Å². The van der Waals surface area contributed by atoms with E-state index >= 15 is 0 Å². The zero-order chi connectivity index (χ0) is 55.2. The van der Waals surface area contributed by atoms with E-state index in [0.717, 1.165) is 124 Å². The second kappa shape index (κ2) is 23.7. The molecule has 0 atom stereocenters. The van der Waals surface area contributed by atoms with E-state index in [1.54, 1.807) is 0 Å². The smallest absolute Gasteiger partial charge is 0.327 e. The Morgan fingerprint density at radius 2 is 1.12 bits per heavy atom. The van der Waals surface area contributed by atoms with Crippen LogP contribution in [-0.4, -0.2) is 63.8 Å². The second-order valence-electron chi connectivity index (χ2n) is 20.2. The summed E-state index contributed by atoms with van der Waals surface area (Å²) in [6, 6.07) is 78.6. The number of ether oxygens (including phenoxy) is 1. The van der Waals surface area contributed by atoms with E-state index in [0.29, 0.717) is 34.3 Å². The quantitative estimate of drug-likeness (QED) is 0.0486. The number of rotatable bonds is 18. The van der Waals surface area contributed by atoms with Crippen molar-refractivity contribution in [2.45, 2.75) is 33.6 Å². The summed E-state index contributed by atoms with van der Waals surface area (Å²) in [5, 5.41) is 16.7. The van der Waals surface area contributed by atoms with Crippen LogP contribution in [0.1, 0.15) is 47.1 Å². The Morgan fingerprint density at radius 3 is 1.67 bits per heavy atom. The molecule has 8 aromatic carbocycles. The van der Waals surface area contributed by atoms with Crippen LogP contribution in [0.2, 0.25) is 0 Å². The molecule has 0 N–H and O–H groups in total. The van der Waals surface area contributed by atoms with Crippen molar-refractivity contribution in [3.8, 4) is 23.1 Å². The maximum Gasteiger partial charge on any atom is 0.327 e. The summed E-state index contributed by atoms with van der Waals surface area (Å²) < 4.78 is 13.5. The number of nitrogens with zero attached hydrogens (tertiary/aromatic N) is 7. The molecule has 12 rings (SSSR count). The van der Waals surface area contributed by atoms with Crippen LogP contribution >= 0.6 is 22.7 Å². The zero-order valence-corrected chi connectivity index (χ0v) is 47.2. The average molecular weight is 1090 g/mol. The first kappa shape index (κ1) is 52.7. The van der Waals surface area contributed by atoms with Gasteiger partial charge in [-0.1, -0.05) is 218 Å². The third-order valence-electron chi connectivity index (χ3n) is 15.4. The molecule has 0 spiro atoms. The van der Waals surface area contributed by atoms with Crippen LogP contribution in [0.3, 0.4) is 0 Å². The van der Waals surface area contributed by atoms with Crippen LogP contribution in [0, 0.1) is 24.8 Å². The van der Waals surface area contributed by atoms with Crippen molar-refractivity contribution in [2.24, 2.45) is 0 Å². The number of para-hydroxylation sites is 2. The Hall–Kier alpha value is -9.03. The molecule has 0 amide bonds. The first-order valence-electron chi connectivity index (χ1n) is 27.7. The van der Waals surface area contributed by atoms with Gasteiger partial charge in [0.1, 0.15) is 27.4 Å². The van der Waals surface area contributed by atoms with E-state index in [9.17, 15) is 11.8 Å². The summed E-state index contributed by atoms with van der Waals surface area (Å²) in [5.41, 5.74) is 11.5. The fourth-order valence-electron chi connectivity index (χ4n) is 11.6. The van der Waals surface area contributed by atoms with Gasteiger partial charge >= 0.3 is 13.7 Å². The van der Waals surface area contributed by atoms with Crippen LogP contribution in [0.4, 0.5) is 0 Å². The predicted molar refractivity (Wildman–Crippen MR) is 340 cm³/mol. The molecule has 392 valence electrons. The standard InChI is InChI=1S/C69H57B2N7OS2/c1-5-76(6-2)43-26-44-79-54-37-25-28-49(45-54)46-59-62-63(66(56(47-72)68-74-57-39-21-23-41-60(57)80-68)77(59)70(50-29-11-7-12-30-50)51-31-13-8-14-32-51)65(55-38-20-19-27-48(55)3)78(71(52-33-15-9-16-34-52)53-35-17-10-18-36-53)67(62)64(73-4)69-75-58-40-22-24-42-61(58)81-69/h7-25,27-42,45H,5-6,26,43-44,46H2,1-3H3/b66-56-,67-64+. The molecular formula is C69H57B2N7OS2. The van der Waals surface area contributed by atoms with Gasteiger partial charge < -0.3 is 18.6 Å². The highest BCUT2D eigenvalue weighted by atomic mass is 32.1. The zero-order valence-electron chi connectivity index (χ0n) is 45.5. The van der Waals surface area contributed by atoms with Gasteiger partial charge in [0.2, 0.25) is 5.70 Å². The van der Waals surface area contributed by atoms with Gasteiger partial charge in [-0.15, -0.1) is 22.7 Å².